The molecule has 10 heteroatoms. The first-order valence-electron chi connectivity index (χ1n) is 12.1. The molecule has 0 aliphatic carbocycles. The van der Waals surface area contributed by atoms with Crippen molar-refractivity contribution >= 4 is 35.5 Å². The highest BCUT2D eigenvalue weighted by Crippen LogP contribution is 2.32. The molecule has 0 aliphatic heterocycles. The Morgan fingerprint density at radius 2 is 1.67 bits per heavy atom. The van der Waals surface area contributed by atoms with Crippen LogP contribution in [0.5, 0.6) is 0 Å². The highest BCUT2D eigenvalue weighted by Gasteiger charge is 2.23. The van der Waals surface area contributed by atoms with Crippen LogP contribution < -0.4 is 10.6 Å². The van der Waals surface area contributed by atoms with Crippen LogP contribution in [0.3, 0.4) is 0 Å². The van der Waals surface area contributed by atoms with Gasteiger partial charge in [-0.15, -0.1) is 0 Å². The van der Waals surface area contributed by atoms with Crippen molar-refractivity contribution in [1.82, 2.24) is 10.5 Å². The van der Waals surface area contributed by atoms with E-state index in [-0.39, 0.29) is 17.9 Å². The van der Waals surface area contributed by atoms with Gasteiger partial charge in [0.15, 0.2) is 0 Å². The van der Waals surface area contributed by atoms with Crippen molar-refractivity contribution in [3.63, 3.8) is 0 Å². The zero-order valence-corrected chi connectivity index (χ0v) is 21.9. The number of anilines is 1. The van der Waals surface area contributed by atoms with E-state index in [9.17, 15) is 19.5 Å². The Balaban J connectivity index is 1.43. The summed E-state index contributed by atoms with van der Waals surface area (Å²) in [6.45, 7) is 3.48. The SMILES string of the molecule is Cc1noc(NC(=O)OC(C)c2ccccc2)c1-c1ccc(C(=O)NC(Cc2ccc(Cl)cc2)C(=O)O)cc1. The van der Waals surface area contributed by atoms with Gasteiger partial charge in [0.05, 0.1) is 11.3 Å². The Bertz CT molecular complexity index is 1450. The highest BCUT2D eigenvalue weighted by molar-refractivity contribution is 6.30. The quantitative estimate of drug-likeness (QED) is 0.233. The van der Waals surface area contributed by atoms with Gasteiger partial charge in [0, 0.05) is 17.0 Å². The number of benzene rings is 3. The lowest BCUT2D eigenvalue weighted by Crippen LogP contribution is -2.42. The zero-order chi connectivity index (χ0) is 27.9. The average Bonchev–Trinajstić information content (AvgIpc) is 3.29. The number of aliphatic carboxylic acids is 1. The molecule has 3 N–H and O–H groups in total. The maximum Gasteiger partial charge on any atom is 0.414 e. The number of carboxylic acids is 1. The van der Waals surface area contributed by atoms with Crippen LogP contribution in [0.25, 0.3) is 11.1 Å². The predicted molar refractivity (Wildman–Crippen MR) is 146 cm³/mol. The molecule has 1 heterocycles. The fraction of sp³-hybridized carbons (Fsp3) is 0.172. The summed E-state index contributed by atoms with van der Waals surface area (Å²) in [5.41, 5.74) is 3.51. The van der Waals surface area contributed by atoms with E-state index in [0.717, 1.165) is 11.1 Å². The van der Waals surface area contributed by atoms with Gasteiger partial charge in [-0.1, -0.05) is 71.4 Å². The number of hydrogen-bond donors (Lipinski definition) is 3. The average molecular weight is 548 g/mol. The number of ether oxygens (including phenoxy) is 1. The Hall–Kier alpha value is -4.63. The van der Waals surface area contributed by atoms with Crippen molar-refractivity contribution in [1.29, 1.82) is 0 Å². The van der Waals surface area contributed by atoms with Crippen molar-refractivity contribution in [3.8, 4) is 11.1 Å². The van der Waals surface area contributed by atoms with Crippen LogP contribution in [0, 0.1) is 6.92 Å². The highest BCUT2D eigenvalue weighted by atomic mass is 35.5. The summed E-state index contributed by atoms with van der Waals surface area (Å²) in [4.78, 5) is 37.1. The first-order chi connectivity index (χ1) is 18.7. The summed E-state index contributed by atoms with van der Waals surface area (Å²) in [6.07, 6.45) is -1.09. The number of halogens is 1. The molecule has 9 nitrogen and oxygen atoms in total. The lowest BCUT2D eigenvalue weighted by Gasteiger charge is -2.15. The number of rotatable bonds is 9. The maximum absolute atomic E-state index is 12.8. The second-order valence-electron chi connectivity index (χ2n) is 8.83. The van der Waals surface area contributed by atoms with Crippen LogP contribution >= 0.6 is 11.6 Å². The van der Waals surface area contributed by atoms with Crippen LogP contribution in [0.4, 0.5) is 10.7 Å². The smallest absolute Gasteiger partial charge is 0.414 e. The van der Waals surface area contributed by atoms with E-state index in [1.54, 1.807) is 62.4 Å². The normalized spacial score (nSPS) is 12.3. The molecule has 39 heavy (non-hydrogen) atoms. The Kier molecular flexibility index (Phi) is 8.63. The molecule has 0 saturated heterocycles. The molecule has 0 spiro atoms. The molecule has 0 saturated carbocycles. The lowest BCUT2D eigenvalue weighted by molar-refractivity contribution is -0.139. The second kappa shape index (κ2) is 12.3. The molecule has 3 aromatic carbocycles. The van der Waals surface area contributed by atoms with Gasteiger partial charge in [0.1, 0.15) is 12.1 Å². The van der Waals surface area contributed by atoms with Crippen molar-refractivity contribution in [2.75, 3.05) is 5.32 Å². The Labute approximate surface area is 229 Å². The molecule has 4 aromatic rings. The molecule has 200 valence electrons. The summed E-state index contributed by atoms with van der Waals surface area (Å²) >= 11 is 5.89. The molecule has 1 aromatic heterocycles. The fourth-order valence-electron chi connectivity index (χ4n) is 3.96. The minimum atomic E-state index is -1.15. The maximum atomic E-state index is 12.8. The minimum Gasteiger partial charge on any atom is -0.480 e. The molecule has 2 amide bonds. The number of carboxylic acid groups (broad SMARTS) is 1. The van der Waals surface area contributed by atoms with Crippen molar-refractivity contribution in [2.45, 2.75) is 32.4 Å². The van der Waals surface area contributed by atoms with Gasteiger partial charge >= 0.3 is 12.1 Å². The summed E-state index contributed by atoms with van der Waals surface area (Å²) in [5, 5.41) is 19.2. The topological polar surface area (TPSA) is 131 Å². The van der Waals surface area contributed by atoms with E-state index in [0.29, 0.717) is 21.8 Å². The minimum absolute atomic E-state index is 0.101. The van der Waals surface area contributed by atoms with Gasteiger partial charge in [0.2, 0.25) is 5.88 Å². The third-order valence-corrected chi connectivity index (χ3v) is 6.28. The van der Waals surface area contributed by atoms with Crippen LogP contribution in [-0.4, -0.2) is 34.3 Å². The van der Waals surface area contributed by atoms with E-state index in [1.165, 1.54) is 0 Å². The molecule has 0 fully saturated rings. The molecular formula is C29H26ClN3O6. The molecule has 4 rings (SSSR count). The van der Waals surface area contributed by atoms with Gasteiger partial charge in [-0.05, 0) is 54.8 Å². The second-order valence-corrected chi connectivity index (χ2v) is 9.26. The van der Waals surface area contributed by atoms with Gasteiger partial charge in [0.25, 0.3) is 5.91 Å². The number of aryl methyl sites for hydroxylation is 1. The number of nitrogens with one attached hydrogen (secondary N) is 2. The van der Waals surface area contributed by atoms with E-state index in [4.69, 9.17) is 20.9 Å². The predicted octanol–water partition coefficient (Wildman–Crippen LogP) is 6.04. The standard InChI is InChI=1S/C29H26ClN3O6/c1-17-25(27(39-33-17)32-29(37)38-18(2)20-6-4-3-5-7-20)21-10-12-22(13-11-21)26(34)31-24(28(35)36)16-19-8-14-23(30)15-9-19/h3-15,18,24H,16H2,1-2H3,(H,31,34)(H,32,37)(H,35,36). The van der Waals surface area contributed by atoms with Crippen LogP contribution in [0.15, 0.2) is 83.4 Å². The number of aromatic nitrogens is 1. The summed E-state index contributed by atoms with van der Waals surface area (Å²) < 4.78 is 10.8. The van der Waals surface area contributed by atoms with E-state index < -0.39 is 30.1 Å². The van der Waals surface area contributed by atoms with Crippen molar-refractivity contribution in [2.24, 2.45) is 0 Å². The number of nitrogens with zero attached hydrogens (tertiary/aromatic N) is 1. The number of amides is 2. The van der Waals surface area contributed by atoms with Crippen LogP contribution in [0.1, 0.15) is 40.2 Å². The molecule has 0 bridgehead atoms. The summed E-state index contributed by atoms with van der Waals surface area (Å²) in [6, 6.07) is 21.4. The van der Waals surface area contributed by atoms with Crippen LogP contribution in [0.2, 0.25) is 5.02 Å². The Morgan fingerprint density at radius 3 is 2.31 bits per heavy atom. The van der Waals surface area contributed by atoms with Gasteiger partial charge in [-0.25, -0.2) is 9.59 Å². The summed E-state index contributed by atoms with van der Waals surface area (Å²) in [5.74, 6) is -1.59. The summed E-state index contributed by atoms with van der Waals surface area (Å²) in [7, 11) is 0. The monoisotopic (exact) mass is 547 g/mol. The Morgan fingerprint density at radius 1 is 1.00 bits per heavy atom. The molecule has 2 unspecified atom stereocenters. The number of carbonyl (C=O) groups is 3. The van der Waals surface area contributed by atoms with Gasteiger partial charge in [-0.3, -0.25) is 10.1 Å². The fourth-order valence-corrected chi connectivity index (χ4v) is 4.08. The largest absolute Gasteiger partial charge is 0.480 e. The molecule has 0 aliphatic rings. The zero-order valence-electron chi connectivity index (χ0n) is 21.2. The third kappa shape index (κ3) is 7.03. The molecular weight excluding hydrogens is 522 g/mol. The van der Waals surface area contributed by atoms with Crippen LogP contribution in [-0.2, 0) is 16.0 Å². The first-order valence-corrected chi connectivity index (χ1v) is 12.5. The van der Waals surface area contributed by atoms with E-state index >= 15 is 0 Å². The third-order valence-electron chi connectivity index (χ3n) is 6.02. The van der Waals surface area contributed by atoms with Crippen molar-refractivity contribution in [3.05, 3.63) is 106 Å². The number of hydrogen-bond acceptors (Lipinski definition) is 6. The molecule has 0 radical (unpaired) electrons. The van der Waals surface area contributed by atoms with E-state index in [1.807, 2.05) is 30.3 Å². The molecule has 2 atom stereocenters. The van der Waals surface area contributed by atoms with E-state index in [2.05, 4.69) is 15.8 Å². The first kappa shape index (κ1) is 27.4. The van der Waals surface area contributed by atoms with Gasteiger partial charge in [-0.2, -0.15) is 0 Å². The number of carbonyl (C=O) groups excluding carboxylic acids is 2. The van der Waals surface area contributed by atoms with Gasteiger partial charge < -0.3 is 19.7 Å². The van der Waals surface area contributed by atoms with Crippen molar-refractivity contribution < 1.29 is 28.8 Å². The lowest BCUT2D eigenvalue weighted by atomic mass is 10.0.